The fourth-order valence-corrected chi connectivity index (χ4v) is 3.96. The SMILES string of the molecule is C[C@H](CNC(=O)N1CC[C@@H](CN(C)C)C1)N1CCc2ccccc21. The number of anilines is 1. The summed E-state index contributed by atoms with van der Waals surface area (Å²) in [4.78, 5) is 19.0. The Morgan fingerprint density at radius 1 is 1.33 bits per heavy atom. The molecule has 2 amide bonds. The van der Waals surface area contributed by atoms with Crippen LogP contribution in [0.4, 0.5) is 10.5 Å². The van der Waals surface area contributed by atoms with Gasteiger partial charge in [-0.15, -0.1) is 0 Å². The lowest BCUT2D eigenvalue weighted by atomic mass is 10.1. The van der Waals surface area contributed by atoms with Crippen molar-refractivity contribution in [3.8, 4) is 0 Å². The third-order valence-corrected chi connectivity index (χ3v) is 5.20. The Morgan fingerprint density at radius 2 is 2.12 bits per heavy atom. The molecular formula is C19H30N4O. The van der Waals surface area contributed by atoms with E-state index in [1.807, 2.05) is 4.90 Å². The van der Waals surface area contributed by atoms with Gasteiger partial charge >= 0.3 is 6.03 Å². The van der Waals surface area contributed by atoms with E-state index >= 15 is 0 Å². The number of urea groups is 1. The van der Waals surface area contributed by atoms with Gasteiger partial charge in [0.25, 0.3) is 0 Å². The molecule has 0 bridgehead atoms. The molecule has 2 aliphatic rings. The summed E-state index contributed by atoms with van der Waals surface area (Å²) >= 11 is 0. The van der Waals surface area contributed by atoms with Crippen LogP contribution in [0.25, 0.3) is 0 Å². The summed E-state index contributed by atoms with van der Waals surface area (Å²) in [6, 6.07) is 9.00. The number of amides is 2. The van der Waals surface area contributed by atoms with Gasteiger partial charge in [-0.1, -0.05) is 18.2 Å². The predicted octanol–water partition coefficient (Wildman–Crippen LogP) is 2.03. The number of hydrogen-bond donors (Lipinski definition) is 1. The number of nitrogens with one attached hydrogen (secondary N) is 1. The summed E-state index contributed by atoms with van der Waals surface area (Å²) in [5.74, 6) is 0.605. The normalized spacial score (nSPS) is 21.2. The maximum Gasteiger partial charge on any atom is 0.317 e. The summed E-state index contributed by atoms with van der Waals surface area (Å²) in [7, 11) is 4.19. The average Bonchev–Trinajstić information content (AvgIpc) is 3.18. The van der Waals surface area contributed by atoms with Crippen LogP contribution in [-0.2, 0) is 6.42 Å². The Kier molecular flexibility index (Phi) is 5.29. The van der Waals surface area contributed by atoms with Gasteiger partial charge in [-0.05, 0) is 51.4 Å². The van der Waals surface area contributed by atoms with Gasteiger partial charge in [-0.25, -0.2) is 4.79 Å². The maximum absolute atomic E-state index is 12.4. The number of carbonyl (C=O) groups is 1. The quantitative estimate of drug-likeness (QED) is 0.898. The molecule has 5 nitrogen and oxygen atoms in total. The first-order valence-electron chi connectivity index (χ1n) is 9.06. The Balaban J connectivity index is 1.47. The Bertz CT molecular complexity index is 574. The van der Waals surface area contributed by atoms with E-state index < -0.39 is 0 Å². The molecule has 0 aromatic heterocycles. The second-order valence-electron chi connectivity index (χ2n) is 7.47. The number of fused-ring (bicyclic) bond motifs is 1. The second-order valence-corrected chi connectivity index (χ2v) is 7.47. The van der Waals surface area contributed by atoms with E-state index in [2.05, 4.69) is 60.4 Å². The fourth-order valence-electron chi connectivity index (χ4n) is 3.96. The van der Waals surface area contributed by atoms with Crippen LogP contribution in [0.15, 0.2) is 24.3 Å². The molecule has 1 saturated heterocycles. The number of nitrogens with zero attached hydrogens (tertiary/aromatic N) is 3. The van der Waals surface area contributed by atoms with Crippen LogP contribution in [0.3, 0.4) is 0 Å². The molecule has 1 aromatic rings. The topological polar surface area (TPSA) is 38.8 Å². The van der Waals surface area contributed by atoms with E-state index in [0.29, 0.717) is 18.5 Å². The van der Waals surface area contributed by atoms with E-state index in [-0.39, 0.29) is 6.03 Å². The van der Waals surface area contributed by atoms with Crippen LogP contribution < -0.4 is 10.2 Å². The number of para-hydroxylation sites is 1. The van der Waals surface area contributed by atoms with Crippen molar-refractivity contribution in [1.29, 1.82) is 0 Å². The molecular weight excluding hydrogens is 300 g/mol. The molecule has 2 aliphatic heterocycles. The number of benzene rings is 1. The number of hydrogen-bond acceptors (Lipinski definition) is 3. The minimum absolute atomic E-state index is 0.0931. The Hall–Kier alpha value is -1.75. The highest BCUT2D eigenvalue weighted by Crippen LogP contribution is 2.28. The van der Waals surface area contributed by atoms with Gasteiger partial charge in [0.05, 0.1) is 0 Å². The molecule has 0 spiro atoms. The monoisotopic (exact) mass is 330 g/mol. The first kappa shape index (κ1) is 17.1. The van der Waals surface area contributed by atoms with E-state index in [9.17, 15) is 4.79 Å². The van der Waals surface area contributed by atoms with Crippen molar-refractivity contribution < 1.29 is 4.79 Å². The third kappa shape index (κ3) is 3.83. The maximum atomic E-state index is 12.4. The third-order valence-electron chi connectivity index (χ3n) is 5.20. The number of rotatable bonds is 5. The number of carbonyl (C=O) groups excluding carboxylic acids is 1. The highest BCUT2D eigenvalue weighted by Gasteiger charge is 2.28. The average molecular weight is 330 g/mol. The van der Waals surface area contributed by atoms with Crippen molar-refractivity contribution in [3.05, 3.63) is 29.8 Å². The summed E-state index contributed by atoms with van der Waals surface area (Å²) < 4.78 is 0. The zero-order valence-electron chi connectivity index (χ0n) is 15.2. The molecule has 132 valence electrons. The molecule has 1 N–H and O–H groups in total. The smallest absolute Gasteiger partial charge is 0.317 e. The largest absolute Gasteiger partial charge is 0.366 e. The predicted molar refractivity (Wildman–Crippen MR) is 98.6 cm³/mol. The van der Waals surface area contributed by atoms with Crippen molar-refractivity contribution in [2.45, 2.75) is 25.8 Å². The van der Waals surface area contributed by atoms with Gasteiger partial charge < -0.3 is 20.0 Å². The van der Waals surface area contributed by atoms with Gasteiger partial charge in [0.1, 0.15) is 0 Å². The lowest BCUT2D eigenvalue weighted by Crippen LogP contribution is -2.46. The van der Waals surface area contributed by atoms with E-state index in [0.717, 1.165) is 39.0 Å². The minimum atomic E-state index is 0.0931. The first-order chi connectivity index (χ1) is 11.5. The molecule has 0 saturated carbocycles. The van der Waals surface area contributed by atoms with Gasteiger partial charge in [-0.3, -0.25) is 0 Å². The molecule has 1 aromatic carbocycles. The zero-order chi connectivity index (χ0) is 17.1. The van der Waals surface area contributed by atoms with Crippen molar-refractivity contribution in [2.24, 2.45) is 5.92 Å². The van der Waals surface area contributed by atoms with Crippen LogP contribution in [-0.4, -0.2) is 68.7 Å². The Morgan fingerprint density at radius 3 is 2.92 bits per heavy atom. The van der Waals surface area contributed by atoms with Crippen molar-refractivity contribution in [3.63, 3.8) is 0 Å². The van der Waals surface area contributed by atoms with Gasteiger partial charge in [0, 0.05) is 44.5 Å². The highest BCUT2D eigenvalue weighted by molar-refractivity contribution is 5.74. The fraction of sp³-hybridized carbons (Fsp3) is 0.632. The van der Waals surface area contributed by atoms with Crippen LogP contribution in [0.1, 0.15) is 18.9 Å². The van der Waals surface area contributed by atoms with Gasteiger partial charge in [0.15, 0.2) is 0 Å². The summed E-state index contributed by atoms with van der Waals surface area (Å²) in [5.41, 5.74) is 2.74. The van der Waals surface area contributed by atoms with Gasteiger partial charge in [0.2, 0.25) is 0 Å². The summed E-state index contributed by atoms with van der Waals surface area (Å²) in [5, 5.41) is 3.14. The molecule has 24 heavy (non-hydrogen) atoms. The molecule has 2 atom stereocenters. The lowest BCUT2D eigenvalue weighted by molar-refractivity contribution is 0.205. The van der Waals surface area contributed by atoms with E-state index in [1.54, 1.807) is 0 Å². The molecule has 1 fully saturated rings. The molecule has 0 radical (unpaired) electrons. The van der Waals surface area contributed by atoms with Crippen molar-refractivity contribution >= 4 is 11.7 Å². The van der Waals surface area contributed by atoms with Crippen LogP contribution in [0, 0.1) is 5.92 Å². The first-order valence-corrected chi connectivity index (χ1v) is 9.06. The standard InChI is InChI=1S/C19H30N4O/c1-15(23-11-9-17-6-4-5-7-18(17)23)12-20-19(24)22-10-8-16(14-22)13-21(2)3/h4-7,15-16H,8-14H2,1-3H3,(H,20,24)/t15-,16+/m1/s1. The molecule has 5 heteroatoms. The van der Waals surface area contributed by atoms with Crippen LogP contribution in [0.2, 0.25) is 0 Å². The van der Waals surface area contributed by atoms with Crippen molar-refractivity contribution in [2.75, 3.05) is 51.7 Å². The zero-order valence-corrected chi connectivity index (χ0v) is 15.2. The van der Waals surface area contributed by atoms with Crippen LogP contribution in [0.5, 0.6) is 0 Å². The molecule has 0 unspecified atom stereocenters. The minimum Gasteiger partial charge on any atom is -0.366 e. The Labute approximate surface area is 145 Å². The highest BCUT2D eigenvalue weighted by atomic mass is 16.2. The van der Waals surface area contributed by atoms with E-state index in [1.165, 1.54) is 11.3 Å². The summed E-state index contributed by atoms with van der Waals surface area (Å²) in [6.45, 7) is 6.76. The lowest BCUT2D eigenvalue weighted by Gasteiger charge is -2.28. The molecule has 0 aliphatic carbocycles. The summed E-state index contributed by atoms with van der Waals surface area (Å²) in [6.07, 6.45) is 2.22. The van der Waals surface area contributed by atoms with E-state index in [4.69, 9.17) is 0 Å². The molecule has 3 rings (SSSR count). The van der Waals surface area contributed by atoms with Crippen LogP contribution >= 0.6 is 0 Å². The van der Waals surface area contributed by atoms with Gasteiger partial charge in [-0.2, -0.15) is 0 Å². The second kappa shape index (κ2) is 7.43. The van der Waals surface area contributed by atoms with Crippen molar-refractivity contribution in [1.82, 2.24) is 15.1 Å². The molecule has 2 heterocycles. The number of likely N-dealkylation sites (tertiary alicyclic amines) is 1.